The van der Waals surface area contributed by atoms with E-state index in [1.54, 1.807) is 0 Å². The molecule has 0 spiro atoms. The average Bonchev–Trinajstić information content (AvgIpc) is 3.16. The summed E-state index contributed by atoms with van der Waals surface area (Å²) >= 11 is 0. The smallest absolute Gasteiger partial charge is 0.180 e. The summed E-state index contributed by atoms with van der Waals surface area (Å²) in [5.74, 6) is 0. The van der Waals surface area contributed by atoms with Crippen molar-refractivity contribution in [2.45, 2.75) is 32.7 Å². The van der Waals surface area contributed by atoms with Crippen molar-refractivity contribution in [1.82, 2.24) is 0 Å². The Morgan fingerprint density at radius 1 is 0.839 bits per heavy atom. The topological polar surface area (TPSA) is 18.5 Å². The van der Waals surface area contributed by atoms with E-state index in [9.17, 15) is 0 Å². The van der Waals surface area contributed by atoms with Gasteiger partial charge in [-0.15, -0.1) is 0 Å². The summed E-state index contributed by atoms with van der Waals surface area (Å²) in [6, 6.07) is 32.9. The van der Waals surface area contributed by atoms with E-state index in [0.717, 1.165) is 11.7 Å². The van der Waals surface area contributed by atoms with Gasteiger partial charge in [-0.1, -0.05) is 54.6 Å². The summed E-state index contributed by atoms with van der Waals surface area (Å²) < 4.78 is 12.0. The lowest BCUT2D eigenvalue weighted by atomic mass is 10.2. The molecule has 0 bridgehead atoms. The second-order valence-electron chi connectivity index (χ2n) is 8.47. The maximum absolute atomic E-state index is 6.11. The van der Waals surface area contributed by atoms with Crippen LogP contribution in [-0.4, -0.2) is 24.7 Å². The Morgan fingerprint density at radius 2 is 1.26 bits per heavy atom. The Bertz CT molecular complexity index is 891. The molecule has 0 aliphatic carbocycles. The van der Waals surface area contributed by atoms with Crippen LogP contribution in [0.5, 0.6) is 0 Å². The molecule has 0 N–H and O–H groups in total. The first kappa shape index (κ1) is 23.7. The highest BCUT2D eigenvalue weighted by atomic mass is 35.5. The Balaban J connectivity index is 0.00000272. The van der Waals surface area contributed by atoms with Gasteiger partial charge in [-0.25, -0.2) is 0 Å². The SMILES string of the molecule is C/C(=C\C[P+](c1ccccc1)(c1ccccc1)c1ccccc1)C1OCC(C)(C)O1.[Cl-]. The van der Waals surface area contributed by atoms with Crippen molar-refractivity contribution in [3.05, 3.63) is 103 Å². The number of halogens is 1. The molecule has 1 atom stereocenters. The van der Waals surface area contributed by atoms with Crippen molar-refractivity contribution in [2.75, 3.05) is 12.8 Å². The van der Waals surface area contributed by atoms with Gasteiger partial charge in [0.25, 0.3) is 0 Å². The Kier molecular flexibility index (Phi) is 7.73. The summed E-state index contributed by atoms with van der Waals surface area (Å²) in [7, 11) is -1.87. The fraction of sp³-hybridized carbons (Fsp3) is 0.259. The third-order valence-electron chi connectivity index (χ3n) is 5.66. The van der Waals surface area contributed by atoms with Crippen LogP contribution in [-0.2, 0) is 9.47 Å². The first-order valence-corrected chi connectivity index (χ1v) is 12.5. The van der Waals surface area contributed by atoms with Gasteiger partial charge in [0.15, 0.2) is 6.29 Å². The maximum Gasteiger partial charge on any atom is 0.180 e. The number of hydrogen-bond acceptors (Lipinski definition) is 2. The zero-order chi connectivity index (χ0) is 21.0. The molecule has 1 saturated heterocycles. The van der Waals surface area contributed by atoms with Crippen LogP contribution in [0.3, 0.4) is 0 Å². The van der Waals surface area contributed by atoms with Crippen LogP contribution in [0.15, 0.2) is 103 Å². The van der Waals surface area contributed by atoms with Crippen molar-refractivity contribution in [1.29, 1.82) is 0 Å². The second-order valence-corrected chi connectivity index (χ2v) is 12.0. The molecule has 3 aromatic carbocycles. The van der Waals surface area contributed by atoms with Crippen molar-refractivity contribution in [2.24, 2.45) is 0 Å². The molecule has 1 fully saturated rings. The molecular formula is C27H30ClO2P. The molecule has 1 aliphatic rings. The lowest BCUT2D eigenvalue weighted by Gasteiger charge is -2.27. The van der Waals surface area contributed by atoms with E-state index in [2.05, 4.69) is 118 Å². The second kappa shape index (κ2) is 10.1. The van der Waals surface area contributed by atoms with Crippen molar-refractivity contribution in [3.63, 3.8) is 0 Å². The van der Waals surface area contributed by atoms with Crippen LogP contribution >= 0.6 is 7.26 Å². The molecule has 1 heterocycles. The number of allylic oxidation sites excluding steroid dienone is 1. The molecule has 1 unspecified atom stereocenters. The summed E-state index contributed by atoms with van der Waals surface area (Å²) in [5, 5.41) is 4.17. The standard InChI is InChI=1S/C27H30O2P.ClH/c1-22(26-28-21-27(2,3)29-26)19-20-30(23-13-7-4-8-14-23,24-15-9-5-10-16-24)25-17-11-6-12-18-25;/h4-19,26H,20-21H2,1-3H3;1H/q+1;/p-1/b22-19+;. The highest BCUT2D eigenvalue weighted by molar-refractivity contribution is 7.95. The first-order valence-electron chi connectivity index (χ1n) is 10.5. The number of rotatable bonds is 6. The van der Waals surface area contributed by atoms with E-state index in [1.807, 2.05) is 0 Å². The van der Waals surface area contributed by atoms with Crippen LogP contribution < -0.4 is 28.3 Å². The maximum atomic E-state index is 6.11. The van der Waals surface area contributed by atoms with Crippen LogP contribution in [0, 0.1) is 0 Å². The highest BCUT2D eigenvalue weighted by Crippen LogP contribution is 2.55. The van der Waals surface area contributed by atoms with Crippen LogP contribution in [0.2, 0.25) is 0 Å². The first-order chi connectivity index (χ1) is 14.5. The van der Waals surface area contributed by atoms with E-state index in [1.165, 1.54) is 15.9 Å². The highest BCUT2D eigenvalue weighted by Gasteiger charge is 2.44. The van der Waals surface area contributed by atoms with Gasteiger partial charge in [0.1, 0.15) is 23.2 Å². The molecule has 31 heavy (non-hydrogen) atoms. The fourth-order valence-electron chi connectivity index (χ4n) is 4.05. The minimum absolute atomic E-state index is 0. The van der Waals surface area contributed by atoms with Gasteiger partial charge in [0, 0.05) is 0 Å². The van der Waals surface area contributed by atoms with Crippen molar-refractivity contribution >= 4 is 23.2 Å². The Hall–Kier alpha value is -1.96. The third-order valence-corrected chi connectivity index (χ3v) is 9.93. The molecule has 0 aromatic heterocycles. The summed E-state index contributed by atoms with van der Waals surface area (Å²) in [6.07, 6.45) is 3.01. The third kappa shape index (κ3) is 5.10. The molecule has 4 rings (SSSR count). The van der Waals surface area contributed by atoms with Crippen LogP contribution in [0.25, 0.3) is 0 Å². The van der Waals surface area contributed by atoms with Crippen LogP contribution in [0.1, 0.15) is 20.8 Å². The van der Waals surface area contributed by atoms with E-state index in [-0.39, 0.29) is 24.3 Å². The number of benzene rings is 3. The van der Waals surface area contributed by atoms with E-state index < -0.39 is 7.26 Å². The number of ether oxygens (including phenoxy) is 2. The van der Waals surface area contributed by atoms with Crippen LogP contribution in [0.4, 0.5) is 0 Å². The average molecular weight is 453 g/mol. The van der Waals surface area contributed by atoms with E-state index in [0.29, 0.717) is 6.61 Å². The van der Waals surface area contributed by atoms with E-state index >= 15 is 0 Å². The van der Waals surface area contributed by atoms with Crippen molar-refractivity contribution in [3.8, 4) is 0 Å². The minimum atomic E-state index is -1.87. The monoisotopic (exact) mass is 452 g/mol. The fourth-order valence-corrected chi connectivity index (χ4v) is 8.18. The molecule has 3 aromatic rings. The Labute approximate surface area is 193 Å². The number of hydrogen-bond donors (Lipinski definition) is 0. The zero-order valence-electron chi connectivity index (χ0n) is 18.4. The van der Waals surface area contributed by atoms with Gasteiger partial charge in [0.05, 0.1) is 18.4 Å². The van der Waals surface area contributed by atoms with Gasteiger partial charge in [-0.05, 0) is 68.8 Å². The largest absolute Gasteiger partial charge is 1.00 e. The van der Waals surface area contributed by atoms with Gasteiger partial charge in [-0.2, -0.15) is 0 Å². The predicted molar refractivity (Wildman–Crippen MR) is 129 cm³/mol. The molecule has 4 heteroatoms. The molecule has 0 saturated carbocycles. The van der Waals surface area contributed by atoms with Gasteiger partial charge < -0.3 is 21.9 Å². The zero-order valence-corrected chi connectivity index (χ0v) is 20.0. The molecule has 1 aliphatic heterocycles. The molecular weight excluding hydrogens is 423 g/mol. The quantitative estimate of drug-likeness (QED) is 0.421. The lowest BCUT2D eigenvalue weighted by molar-refractivity contribution is -0.0522. The summed E-state index contributed by atoms with van der Waals surface area (Å²) in [4.78, 5) is 0. The summed E-state index contributed by atoms with van der Waals surface area (Å²) in [5.41, 5.74) is 0.914. The molecule has 162 valence electrons. The van der Waals surface area contributed by atoms with Gasteiger partial charge in [0.2, 0.25) is 0 Å². The molecule has 2 nitrogen and oxygen atoms in total. The lowest BCUT2D eigenvalue weighted by Crippen LogP contribution is -3.00. The molecule has 0 radical (unpaired) electrons. The normalized spacial score (nSPS) is 18.4. The Morgan fingerprint density at radius 3 is 1.61 bits per heavy atom. The van der Waals surface area contributed by atoms with Crippen molar-refractivity contribution < 1.29 is 21.9 Å². The minimum Gasteiger partial charge on any atom is -1.00 e. The van der Waals surface area contributed by atoms with Gasteiger partial charge in [-0.3, -0.25) is 0 Å². The van der Waals surface area contributed by atoms with E-state index in [4.69, 9.17) is 9.47 Å². The molecule has 0 amide bonds. The van der Waals surface area contributed by atoms with Gasteiger partial charge >= 0.3 is 0 Å². The summed E-state index contributed by atoms with van der Waals surface area (Å²) in [6.45, 7) is 6.91. The predicted octanol–water partition coefficient (Wildman–Crippen LogP) is 2.08.